The number of hydrogen-bond acceptors (Lipinski definition) is 7. The number of phenolic OH excluding ortho intramolecular Hbond substituents is 1. The number of likely N-dealkylation sites (N-methyl/N-ethyl adjacent to an activating group) is 1. The second-order valence-electron chi connectivity index (χ2n) is 12.3. The molecule has 0 spiro atoms. The number of urea groups is 1. The minimum atomic E-state index is -0.947. The van der Waals surface area contributed by atoms with Crippen LogP contribution in [0.2, 0.25) is 0 Å². The Morgan fingerprint density at radius 2 is 1.71 bits per heavy atom. The van der Waals surface area contributed by atoms with Gasteiger partial charge < -0.3 is 39.8 Å². The molecule has 238 valence electrons. The summed E-state index contributed by atoms with van der Waals surface area (Å²) in [6.45, 7) is 5.96. The maximum atomic E-state index is 14.1. The normalized spacial score (nSPS) is 19.5. The Balaban J connectivity index is 1.40. The summed E-state index contributed by atoms with van der Waals surface area (Å²) in [5.74, 6) is 0.479. The maximum absolute atomic E-state index is 14.1. The van der Waals surface area contributed by atoms with Gasteiger partial charge in [0.1, 0.15) is 18.3 Å². The number of hydrogen-bond donors (Lipinski definition) is 3. The van der Waals surface area contributed by atoms with Crippen molar-refractivity contribution >= 4 is 23.6 Å². The Morgan fingerprint density at radius 1 is 1.02 bits per heavy atom. The Hall–Kier alpha value is -4.77. The number of ether oxygens (including phenoxy) is 3. The fraction of sp³-hybridized carbons (Fsp3) is 0.382. The number of aromatic hydroxyl groups is 1. The minimum Gasteiger partial charge on any atom is -0.508 e. The lowest BCUT2D eigenvalue weighted by Crippen LogP contribution is -2.62. The molecule has 0 aliphatic carbocycles. The van der Waals surface area contributed by atoms with Crippen LogP contribution in [0.25, 0.3) is 0 Å². The number of nitrogens with two attached hydrogens (primary N) is 1. The first-order valence-corrected chi connectivity index (χ1v) is 15.2. The van der Waals surface area contributed by atoms with Crippen LogP contribution in [0.15, 0.2) is 66.7 Å². The summed E-state index contributed by atoms with van der Waals surface area (Å²) in [5.41, 5.74) is 8.68. The van der Waals surface area contributed by atoms with Gasteiger partial charge in [0.25, 0.3) is 0 Å². The monoisotopic (exact) mass is 617 g/mol. The van der Waals surface area contributed by atoms with E-state index < -0.39 is 23.9 Å². The number of fused-ring (bicyclic) bond motifs is 1. The number of amides is 3. The topological polar surface area (TPSA) is 140 Å². The molecule has 1 saturated heterocycles. The lowest BCUT2D eigenvalue weighted by molar-refractivity contribution is -0.928. The molecular weight excluding hydrogens is 576 g/mol. The number of quaternary nitrogens is 1. The molecule has 0 saturated carbocycles. The van der Waals surface area contributed by atoms with Gasteiger partial charge in [-0.1, -0.05) is 12.1 Å². The van der Waals surface area contributed by atoms with Crippen LogP contribution in [0.3, 0.4) is 0 Å². The van der Waals surface area contributed by atoms with E-state index in [-0.39, 0.29) is 31.1 Å². The number of phenols is 1. The van der Waals surface area contributed by atoms with E-state index >= 15 is 0 Å². The second kappa shape index (κ2) is 13.5. The first-order chi connectivity index (χ1) is 21.5. The van der Waals surface area contributed by atoms with Crippen molar-refractivity contribution < 1.29 is 38.2 Å². The van der Waals surface area contributed by atoms with Crippen molar-refractivity contribution in [2.75, 3.05) is 32.2 Å². The summed E-state index contributed by atoms with van der Waals surface area (Å²) in [5, 5.41) is 12.7. The van der Waals surface area contributed by atoms with Gasteiger partial charge in [-0.15, -0.1) is 0 Å². The largest absolute Gasteiger partial charge is 0.508 e. The fourth-order valence-electron chi connectivity index (χ4n) is 6.16. The van der Waals surface area contributed by atoms with Gasteiger partial charge in [0, 0.05) is 17.7 Å². The molecule has 2 heterocycles. The highest BCUT2D eigenvalue weighted by molar-refractivity contribution is 5.95. The summed E-state index contributed by atoms with van der Waals surface area (Å²) < 4.78 is 17.0. The van der Waals surface area contributed by atoms with Crippen molar-refractivity contribution in [1.82, 2.24) is 4.90 Å². The first kappa shape index (κ1) is 31.6. The average Bonchev–Trinajstić information content (AvgIpc) is 3.46. The predicted octanol–water partition coefficient (Wildman–Crippen LogP) is 4.43. The zero-order valence-corrected chi connectivity index (χ0v) is 25.9. The van der Waals surface area contributed by atoms with Gasteiger partial charge in [0.15, 0.2) is 11.5 Å². The van der Waals surface area contributed by atoms with E-state index in [9.17, 15) is 19.5 Å². The van der Waals surface area contributed by atoms with E-state index in [1.807, 2.05) is 18.2 Å². The molecule has 11 nitrogen and oxygen atoms in total. The molecule has 1 fully saturated rings. The molecule has 0 bridgehead atoms. The summed E-state index contributed by atoms with van der Waals surface area (Å²) in [6.07, 6.45) is 1.47. The van der Waals surface area contributed by atoms with E-state index in [0.717, 1.165) is 35.6 Å². The van der Waals surface area contributed by atoms with Gasteiger partial charge in [0.2, 0.25) is 12.7 Å². The molecule has 3 aromatic carbocycles. The quantitative estimate of drug-likeness (QED) is 0.226. The number of carbonyl (C=O) groups excluding carboxylic acids is 3. The van der Waals surface area contributed by atoms with E-state index in [4.69, 9.17) is 19.9 Å². The second-order valence-corrected chi connectivity index (χ2v) is 12.3. The number of likely N-dealkylation sites (tertiary alicyclic amines) is 1. The molecule has 0 radical (unpaired) electrons. The van der Waals surface area contributed by atoms with Crippen LogP contribution in [-0.2, 0) is 22.5 Å². The molecule has 3 atom stereocenters. The third-order valence-corrected chi connectivity index (χ3v) is 8.26. The number of benzene rings is 3. The number of piperidine rings is 1. The number of rotatable bonds is 10. The van der Waals surface area contributed by atoms with Gasteiger partial charge in [0.05, 0.1) is 37.8 Å². The lowest BCUT2D eigenvalue weighted by atomic mass is 9.96. The maximum Gasteiger partial charge on any atom is 0.338 e. The van der Waals surface area contributed by atoms with Crippen LogP contribution in [0.4, 0.5) is 10.5 Å². The van der Waals surface area contributed by atoms with Crippen molar-refractivity contribution in [1.29, 1.82) is 0 Å². The summed E-state index contributed by atoms with van der Waals surface area (Å²) >= 11 is 0. The van der Waals surface area contributed by atoms with Crippen molar-refractivity contribution in [3.05, 3.63) is 83.4 Å². The summed E-state index contributed by atoms with van der Waals surface area (Å²) in [6, 6.07) is 17.2. The SMILES string of the molecule is CC(C)OC(=O)c1ccc(NC(=O)N([C@@H]2CCC[N+](C)(Cc3ccc4c(c3)OCO4)C2)[C@@H](Cc2ccc(O)cc2)C(N)=O)cc1. The van der Waals surface area contributed by atoms with Crippen LogP contribution >= 0.6 is 0 Å². The molecule has 45 heavy (non-hydrogen) atoms. The molecular formula is C34H41N4O7+. The zero-order valence-electron chi connectivity index (χ0n) is 25.9. The van der Waals surface area contributed by atoms with Crippen LogP contribution in [0.1, 0.15) is 48.2 Å². The van der Waals surface area contributed by atoms with Gasteiger partial charge in [-0.05, 0) is 86.8 Å². The molecule has 0 aromatic heterocycles. The Labute approximate surface area is 263 Å². The van der Waals surface area contributed by atoms with Crippen molar-refractivity contribution in [3.8, 4) is 17.2 Å². The molecule has 3 aromatic rings. The van der Waals surface area contributed by atoms with Gasteiger partial charge >= 0.3 is 12.0 Å². The number of nitrogens with zero attached hydrogens (tertiary/aromatic N) is 2. The highest BCUT2D eigenvalue weighted by Gasteiger charge is 2.41. The molecule has 5 rings (SSSR count). The minimum absolute atomic E-state index is 0.105. The summed E-state index contributed by atoms with van der Waals surface area (Å²) in [7, 11) is 2.15. The van der Waals surface area contributed by atoms with Gasteiger partial charge in [-0.25, -0.2) is 9.59 Å². The third kappa shape index (κ3) is 7.85. The Bertz CT molecular complexity index is 1530. The molecule has 2 aliphatic heterocycles. The van der Waals surface area contributed by atoms with E-state index in [1.54, 1.807) is 67.3 Å². The number of esters is 1. The molecule has 11 heteroatoms. The molecule has 3 amide bonds. The standard InChI is InChI=1S/C34H40N4O7/c1-22(2)45-33(41)25-9-11-26(12-10-25)36-34(42)37(29(32(35)40)17-23-6-13-28(39)14-7-23)27-5-4-16-38(3,20-27)19-24-8-15-30-31(18-24)44-21-43-30/h6-15,18,22,27,29H,4-5,16-17,19-21H2,1-3H3,(H3-,35,36,39,40,41,42)/p+1/t27-,29+,38?/m1/s1. The fourth-order valence-corrected chi connectivity index (χ4v) is 6.16. The van der Waals surface area contributed by atoms with Crippen LogP contribution in [-0.4, -0.2) is 77.5 Å². The van der Waals surface area contributed by atoms with Crippen molar-refractivity contribution in [2.45, 2.75) is 57.8 Å². The van der Waals surface area contributed by atoms with Crippen molar-refractivity contribution in [2.24, 2.45) is 5.73 Å². The number of primary amides is 1. The number of anilines is 1. The lowest BCUT2D eigenvalue weighted by Gasteiger charge is -2.46. The molecule has 2 aliphatic rings. The average molecular weight is 618 g/mol. The Kier molecular flexibility index (Phi) is 9.48. The predicted molar refractivity (Wildman–Crippen MR) is 168 cm³/mol. The van der Waals surface area contributed by atoms with E-state index in [2.05, 4.69) is 12.4 Å². The van der Waals surface area contributed by atoms with Gasteiger partial charge in [-0.2, -0.15) is 0 Å². The van der Waals surface area contributed by atoms with E-state index in [1.165, 1.54) is 0 Å². The van der Waals surface area contributed by atoms with Crippen molar-refractivity contribution in [3.63, 3.8) is 0 Å². The number of nitrogens with one attached hydrogen (secondary N) is 1. The molecule has 1 unspecified atom stereocenters. The van der Waals surface area contributed by atoms with E-state index in [0.29, 0.717) is 35.2 Å². The Morgan fingerprint density at radius 3 is 2.40 bits per heavy atom. The van der Waals surface area contributed by atoms with Gasteiger partial charge in [-0.3, -0.25) is 4.79 Å². The number of carbonyl (C=O) groups is 3. The molecule has 4 N–H and O–H groups in total. The highest BCUT2D eigenvalue weighted by atomic mass is 16.7. The zero-order chi connectivity index (χ0) is 32.1. The smallest absolute Gasteiger partial charge is 0.338 e. The third-order valence-electron chi connectivity index (χ3n) is 8.26. The van der Waals surface area contributed by atoms with Crippen LogP contribution in [0.5, 0.6) is 17.2 Å². The van der Waals surface area contributed by atoms with Crippen LogP contribution < -0.4 is 20.5 Å². The van der Waals surface area contributed by atoms with Crippen LogP contribution in [0, 0.1) is 0 Å². The summed E-state index contributed by atoms with van der Waals surface area (Å²) in [4.78, 5) is 41.0. The first-order valence-electron chi connectivity index (χ1n) is 15.2. The highest BCUT2D eigenvalue weighted by Crippen LogP contribution is 2.34.